The summed E-state index contributed by atoms with van der Waals surface area (Å²) in [4.78, 5) is 57.9. The summed E-state index contributed by atoms with van der Waals surface area (Å²) in [6.07, 6.45) is -0.583. The Hall–Kier alpha value is -2.69. The Morgan fingerprint density at radius 1 is 0.885 bits per heavy atom. The van der Waals surface area contributed by atoms with Crippen molar-refractivity contribution in [3.05, 3.63) is 0 Å². The van der Waals surface area contributed by atoms with E-state index in [9.17, 15) is 24.0 Å². The third-order valence-corrected chi connectivity index (χ3v) is 3.43. The van der Waals surface area contributed by atoms with Gasteiger partial charge < -0.3 is 32.5 Å². The number of hydrogen-bond donors (Lipinski definition) is 6. The van der Waals surface area contributed by atoms with Crippen LogP contribution in [0.25, 0.3) is 0 Å². The van der Waals surface area contributed by atoms with Crippen molar-refractivity contribution in [1.29, 1.82) is 0 Å². The summed E-state index contributed by atoms with van der Waals surface area (Å²) in [6.45, 7) is 6.19. The van der Waals surface area contributed by atoms with Crippen LogP contribution < -0.4 is 27.4 Å². The molecule has 0 aromatic carbocycles. The van der Waals surface area contributed by atoms with Crippen molar-refractivity contribution < 1.29 is 29.1 Å². The van der Waals surface area contributed by atoms with Crippen LogP contribution >= 0.6 is 0 Å². The molecule has 11 heteroatoms. The summed E-state index contributed by atoms with van der Waals surface area (Å²) in [7, 11) is 0. The van der Waals surface area contributed by atoms with E-state index in [-0.39, 0.29) is 5.92 Å². The number of carboxylic acid groups (broad SMARTS) is 1. The second-order valence-corrected chi connectivity index (χ2v) is 6.32. The topological polar surface area (TPSA) is 194 Å². The van der Waals surface area contributed by atoms with E-state index >= 15 is 0 Å². The second-order valence-electron chi connectivity index (χ2n) is 6.32. The minimum Gasteiger partial charge on any atom is -0.480 e. The molecule has 0 saturated carbocycles. The first-order chi connectivity index (χ1) is 11.9. The van der Waals surface area contributed by atoms with Gasteiger partial charge >= 0.3 is 5.97 Å². The molecule has 0 aliphatic heterocycles. The monoisotopic (exact) mass is 373 g/mol. The maximum Gasteiger partial charge on any atom is 0.326 e. The molecule has 0 rings (SSSR count). The van der Waals surface area contributed by atoms with E-state index in [1.807, 2.05) is 0 Å². The van der Waals surface area contributed by atoms with Gasteiger partial charge in [0.05, 0.1) is 12.5 Å². The average Bonchev–Trinajstić information content (AvgIpc) is 2.50. The van der Waals surface area contributed by atoms with Crippen molar-refractivity contribution in [3.63, 3.8) is 0 Å². The van der Waals surface area contributed by atoms with E-state index in [0.717, 1.165) is 0 Å². The number of hydrogen-bond acceptors (Lipinski definition) is 6. The lowest BCUT2D eigenvalue weighted by atomic mass is 10.0. The van der Waals surface area contributed by atoms with Crippen LogP contribution in [0, 0.1) is 5.92 Å². The number of carboxylic acids is 1. The maximum atomic E-state index is 12.3. The molecule has 0 radical (unpaired) electrons. The lowest BCUT2D eigenvalue weighted by molar-refractivity contribution is -0.143. The van der Waals surface area contributed by atoms with Crippen LogP contribution in [0.15, 0.2) is 0 Å². The summed E-state index contributed by atoms with van der Waals surface area (Å²) in [5, 5.41) is 16.0. The zero-order chi connectivity index (χ0) is 20.6. The SMILES string of the molecule is CC(N)C(=O)NC(C(=O)NC(C)C(=O)NC(CC(N)=O)C(=O)O)C(C)C. The molecule has 11 nitrogen and oxygen atoms in total. The Morgan fingerprint density at radius 3 is 1.81 bits per heavy atom. The predicted octanol–water partition coefficient (Wildman–Crippen LogP) is -2.58. The fourth-order valence-electron chi connectivity index (χ4n) is 1.89. The number of primary amides is 1. The zero-order valence-electron chi connectivity index (χ0n) is 15.2. The first-order valence-corrected chi connectivity index (χ1v) is 8.04. The molecule has 26 heavy (non-hydrogen) atoms. The second kappa shape index (κ2) is 10.3. The van der Waals surface area contributed by atoms with Gasteiger partial charge in [0.2, 0.25) is 23.6 Å². The molecular weight excluding hydrogens is 346 g/mol. The van der Waals surface area contributed by atoms with E-state index in [1.54, 1.807) is 13.8 Å². The molecule has 0 bridgehead atoms. The Morgan fingerprint density at radius 2 is 1.42 bits per heavy atom. The molecule has 0 aromatic rings. The first-order valence-electron chi connectivity index (χ1n) is 8.04. The molecule has 0 fully saturated rings. The van der Waals surface area contributed by atoms with Crippen LogP contribution in [0.5, 0.6) is 0 Å². The molecule has 0 heterocycles. The zero-order valence-corrected chi connectivity index (χ0v) is 15.2. The van der Waals surface area contributed by atoms with Gasteiger partial charge in [0, 0.05) is 0 Å². The van der Waals surface area contributed by atoms with Crippen LogP contribution in [0.3, 0.4) is 0 Å². The van der Waals surface area contributed by atoms with Crippen LogP contribution in [0.4, 0.5) is 0 Å². The summed E-state index contributed by atoms with van der Waals surface area (Å²) in [5.41, 5.74) is 10.4. The van der Waals surface area contributed by atoms with Gasteiger partial charge in [-0.05, 0) is 19.8 Å². The van der Waals surface area contributed by atoms with Gasteiger partial charge in [0.1, 0.15) is 18.1 Å². The van der Waals surface area contributed by atoms with Crippen molar-refractivity contribution in [2.24, 2.45) is 17.4 Å². The largest absolute Gasteiger partial charge is 0.480 e. The van der Waals surface area contributed by atoms with E-state index in [0.29, 0.717) is 0 Å². The van der Waals surface area contributed by atoms with Gasteiger partial charge in [-0.3, -0.25) is 19.2 Å². The standard InChI is InChI=1S/C15H27N5O6/c1-6(2)11(20-12(22)7(3)16)14(24)18-8(4)13(23)19-9(15(25)26)5-10(17)21/h6-9,11H,5,16H2,1-4H3,(H2,17,21)(H,18,24)(H,19,23)(H,20,22)(H,25,26). The van der Waals surface area contributed by atoms with E-state index in [1.165, 1.54) is 13.8 Å². The van der Waals surface area contributed by atoms with Gasteiger partial charge in [-0.25, -0.2) is 4.79 Å². The Bertz CT molecular complexity index is 563. The van der Waals surface area contributed by atoms with Crippen molar-refractivity contribution in [2.75, 3.05) is 0 Å². The van der Waals surface area contributed by atoms with Gasteiger partial charge in [-0.1, -0.05) is 13.8 Å². The third kappa shape index (κ3) is 7.92. The number of nitrogens with one attached hydrogen (secondary N) is 3. The Kier molecular flexibility index (Phi) is 9.27. The Labute approximate surface area is 151 Å². The number of carbonyl (C=O) groups excluding carboxylic acids is 4. The Balaban J connectivity index is 4.93. The summed E-state index contributed by atoms with van der Waals surface area (Å²) >= 11 is 0. The highest BCUT2D eigenvalue weighted by Gasteiger charge is 2.29. The highest BCUT2D eigenvalue weighted by molar-refractivity contribution is 5.94. The molecule has 0 aliphatic rings. The minimum atomic E-state index is -1.50. The molecule has 4 atom stereocenters. The molecule has 4 amide bonds. The van der Waals surface area contributed by atoms with Gasteiger partial charge in [0.15, 0.2) is 0 Å². The van der Waals surface area contributed by atoms with E-state index < -0.39 is 60.2 Å². The fourth-order valence-corrected chi connectivity index (χ4v) is 1.89. The molecule has 4 unspecified atom stereocenters. The van der Waals surface area contributed by atoms with Crippen LogP contribution in [0.2, 0.25) is 0 Å². The van der Waals surface area contributed by atoms with E-state index in [4.69, 9.17) is 16.6 Å². The predicted molar refractivity (Wildman–Crippen MR) is 91.4 cm³/mol. The molecule has 0 aromatic heterocycles. The third-order valence-electron chi connectivity index (χ3n) is 3.43. The number of amides is 4. The highest BCUT2D eigenvalue weighted by atomic mass is 16.4. The molecule has 0 aliphatic carbocycles. The normalized spacial score (nSPS) is 15.3. The van der Waals surface area contributed by atoms with E-state index in [2.05, 4.69) is 16.0 Å². The quantitative estimate of drug-likeness (QED) is 0.242. The van der Waals surface area contributed by atoms with Crippen molar-refractivity contribution >= 4 is 29.6 Å². The number of aliphatic carboxylic acids is 1. The van der Waals surface area contributed by atoms with Crippen LogP contribution in [0.1, 0.15) is 34.1 Å². The number of carbonyl (C=O) groups is 5. The molecule has 0 saturated heterocycles. The molecular formula is C15H27N5O6. The highest BCUT2D eigenvalue weighted by Crippen LogP contribution is 2.03. The number of nitrogens with two attached hydrogens (primary N) is 2. The summed E-state index contributed by atoms with van der Waals surface area (Å²) in [6, 6.07) is -4.34. The molecule has 8 N–H and O–H groups in total. The fraction of sp³-hybridized carbons (Fsp3) is 0.667. The van der Waals surface area contributed by atoms with Crippen LogP contribution in [-0.4, -0.2) is 58.9 Å². The van der Waals surface area contributed by atoms with Gasteiger partial charge in [0.25, 0.3) is 0 Å². The molecule has 148 valence electrons. The minimum absolute atomic E-state index is 0.283. The number of rotatable bonds is 10. The maximum absolute atomic E-state index is 12.3. The average molecular weight is 373 g/mol. The van der Waals surface area contributed by atoms with Crippen molar-refractivity contribution in [1.82, 2.24) is 16.0 Å². The molecule has 0 spiro atoms. The van der Waals surface area contributed by atoms with Gasteiger partial charge in [-0.2, -0.15) is 0 Å². The van der Waals surface area contributed by atoms with Crippen molar-refractivity contribution in [2.45, 2.75) is 58.3 Å². The first kappa shape index (κ1) is 23.3. The smallest absolute Gasteiger partial charge is 0.326 e. The van der Waals surface area contributed by atoms with Crippen molar-refractivity contribution in [3.8, 4) is 0 Å². The lowest BCUT2D eigenvalue weighted by Crippen LogP contribution is -2.57. The summed E-state index contributed by atoms with van der Waals surface area (Å²) < 4.78 is 0. The van der Waals surface area contributed by atoms with Crippen LogP contribution in [-0.2, 0) is 24.0 Å². The van der Waals surface area contributed by atoms with Gasteiger partial charge in [-0.15, -0.1) is 0 Å². The lowest BCUT2D eigenvalue weighted by Gasteiger charge is -2.25. The summed E-state index contributed by atoms with van der Waals surface area (Å²) in [5.74, 6) is -4.57.